The van der Waals surface area contributed by atoms with Crippen molar-refractivity contribution in [2.75, 3.05) is 5.75 Å². The average Bonchev–Trinajstić information content (AvgIpc) is 2.93. The fourth-order valence-corrected chi connectivity index (χ4v) is 3.97. The van der Waals surface area contributed by atoms with Gasteiger partial charge in [-0.1, -0.05) is 54.2 Å². The molecule has 1 aliphatic rings. The Balaban J connectivity index is 1.78. The van der Waals surface area contributed by atoms with Gasteiger partial charge in [-0.3, -0.25) is 14.7 Å². The summed E-state index contributed by atoms with van der Waals surface area (Å²) in [6.07, 6.45) is 3.12. The molecule has 0 atom stereocenters. The van der Waals surface area contributed by atoms with Crippen LogP contribution in [0.15, 0.2) is 65.7 Å². The van der Waals surface area contributed by atoms with Crippen molar-refractivity contribution < 1.29 is 9.18 Å². The number of benzene rings is 2. The number of thioether (sulfide) groups is 1. The van der Waals surface area contributed by atoms with Crippen LogP contribution in [-0.4, -0.2) is 27.3 Å². The number of aliphatic imine (C=N–C) groups is 1. The van der Waals surface area contributed by atoms with Crippen LogP contribution in [0.2, 0.25) is 0 Å². The summed E-state index contributed by atoms with van der Waals surface area (Å²) < 4.78 is 13.3. The van der Waals surface area contributed by atoms with Gasteiger partial charge >= 0.3 is 0 Å². The summed E-state index contributed by atoms with van der Waals surface area (Å²) >= 11 is 1.59. The van der Waals surface area contributed by atoms with E-state index >= 15 is 0 Å². The van der Waals surface area contributed by atoms with E-state index in [9.17, 15) is 9.18 Å². The molecular formula is C21H21FN2OS. The number of carbonyl (C=O) groups is 1. The third-order valence-corrected chi connectivity index (χ3v) is 5.50. The van der Waals surface area contributed by atoms with Crippen molar-refractivity contribution in [2.24, 2.45) is 4.99 Å². The number of halogens is 1. The van der Waals surface area contributed by atoms with E-state index in [1.807, 2.05) is 44.2 Å². The number of hydrogen-bond acceptors (Lipinski definition) is 3. The molecule has 0 bridgehead atoms. The van der Waals surface area contributed by atoms with E-state index in [1.54, 1.807) is 34.9 Å². The van der Waals surface area contributed by atoms with E-state index < -0.39 is 0 Å². The van der Waals surface area contributed by atoms with Crippen molar-refractivity contribution in [1.82, 2.24) is 4.90 Å². The fourth-order valence-electron chi connectivity index (χ4n) is 2.73. The Kier molecular flexibility index (Phi) is 5.57. The van der Waals surface area contributed by atoms with Crippen molar-refractivity contribution in [2.45, 2.75) is 25.9 Å². The second-order valence-corrected chi connectivity index (χ2v) is 7.69. The van der Waals surface area contributed by atoms with Crippen molar-refractivity contribution in [3.63, 3.8) is 0 Å². The van der Waals surface area contributed by atoms with Crippen LogP contribution in [0.3, 0.4) is 0 Å². The smallest absolute Gasteiger partial charge is 0.253 e. The predicted molar refractivity (Wildman–Crippen MR) is 106 cm³/mol. The second kappa shape index (κ2) is 7.87. The van der Waals surface area contributed by atoms with Crippen LogP contribution in [0.4, 0.5) is 4.39 Å². The Morgan fingerprint density at radius 1 is 1.23 bits per heavy atom. The van der Waals surface area contributed by atoms with E-state index in [-0.39, 0.29) is 17.3 Å². The molecule has 5 heteroatoms. The molecule has 26 heavy (non-hydrogen) atoms. The lowest BCUT2D eigenvalue weighted by molar-refractivity contribution is -0.124. The Morgan fingerprint density at radius 3 is 2.73 bits per heavy atom. The molecule has 0 N–H and O–H groups in total. The fraction of sp³-hybridized carbons (Fsp3) is 0.238. The van der Waals surface area contributed by atoms with Gasteiger partial charge in [-0.05, 0) is 43.2 Å². The summed E-state index contributed by atoms with van der Waals surface area (Å²) in [6, 6.07) is 16.1. The predicted octanol–water partition coefficient (Wildman–Crippen LogP) is 4.75. The van der Waals surface area contributed by atoms with Crippen molar-refractivity contribution >= 4 is 28.9 Å². The normalized spacial score (nSPS) is 18.0. The lowest BCUT2D eigenvalue weighted by Gasteiger charge is -2.29. The molecule has 1 heterocycles. The Bertz CT molecular complexity index is 846. The standard InChI is InChI=1S/C21H21FN2OS/c1-21(2)15-26-20(23-14-17-7-4-3-5-8-17)24(21)19(25)12-11-16-9-6-10-18(22)13-16/h3-13H,14-15H2,1-2H3/b12-11+,23-20?. The molecule has 0 aliphatic carbocycles. The molecule has 1 amide bonds. The summed E-state index contributed by atoms with van der Waals surface area (Å²) in [7, 11) is 0. The van der Waals surface area contributed by atoms with Crippen molar-refractivity contribution in [1.29, 1.82) is 0 Å². The van der Waals surface area contributed by atoms with Crippen LogP contribution in [0.1, 0.15) is 25.0 Å². The summed E-state index contributed by atoms with van der Waals surface area (Å²) in [6.45, 7) is 4.59. The molecule has 134 valence electrons. The number of hydrogen-bond donors (Lipinski definition) is 0. The quantitative estimate of drug-likeness (QED) is 0.730. The van der Waals surface area contributed by atoms with Gasteiger partial charge in [0.2, 0.25) is 0 Å². The van der Waals surface area contributed by atoms with Gasteiger partial charge in [-0.15, -0.1) is 0 Å². The van der Waals surface area contributed by atoms with Crippen LogP contribution in [-0.2, 0) is 11.3 Å². The first-order valence-corrected chi connectivity index (χ1v) is 9.43. The molecular weight excluding hydrogens is 347 g/mol. The zero-order valence-corrected chi connectivity index (χ0v) is 15.7. The van der Waals surface area contributed by atoms with Gasteiger partial charge in [0.1, 0.15) is 5.82 Å². The average molecular weight is 368 g/mol. The molecule has 0 aromatic heterocycles. The lowest BCUT2D eigenvalue weighted by Crippen LogP contribution is -2.45. The largest absolute Gasteiger partial charge is 0.281 e. The van der Waals surface area contributed by atoms with Gasteiger partial charge in [0.05, 0.1) is 12.1 Å². The minimum Gasteiger partial charge on any atom is -0.281 e. The molecule has 3 nitrogen and oxygen atoms in total. The van der Waals surface area contributed by atoms with Gasteiger partial charge in [-0.25, -0.2) is 4.39 Å². The highest BCUT2D eigenvalue weighted by Crippen LogP contribution is 2.33. The van der Waals surface area contributed by atoms with E-state index in [0.717, 1.165) is 16.5 Å². The van der Waals surface area contributed by atoms with Crippen LogP contribution >= 0.6 is 11.8 Å². The van der Waals surface area contributed by atoms with Crippen LogP contribution in [0, 0.1) is 5.82 Å². The second-order valence-electron chi connectivity index (χ2n) is 6.75. The number of amides is 1. The van der Waals surface area contributed by atoms with E-state index in [2.05, 4.69) is 4.99 Å². The molecule has 0 unspecified atom stereocenters. The highest BCUT2D eigenvalue weighted by Gasteiger charge is 2.40. The van der Waals surface area contributed by atoms with Gasteiger partial charge in [-0.2, -0.15) is 0 Å². The third-order valence-electron chi connectivity index (χ3n) is 4.08. The molecule has 0 saturated carbocycles. The maximum Gasteiger partial charge on any atom is 0.253 e. The van der Waals surface area contributed by atoms with Gasteiger partial charge in [0.25, 0.3) is 5.91 Å². The number of carbonyl (C=O) groups excluding carboxylic acids is 1. The number of nitrogens with zero attached hydrogens (tertiary/aromatic N) is 2. The summed E-state index contributed by atoms with van der Waals surface area (Å²) in [5.41, 5.74) is 1.45. The van der Waals surface area contributed by atoms with Gasteiger partial charge < -0.3 is 0 Å². The molecule has 0 spiro atoms. The molecule has 0 radical (unpaired) electrons. The van der Waals surface area contributed by atoms with Gasteiger partial charge in [0.15, 0.2) is 5.17 Å². The van der Waals surface area contributed by atoms with Crippen LogP contribution in [0.5, 0.6) is 0 Å². The molecule has 1 aliphatic heterocycles. The molecule has 2 aromatic rings. The number of amidine groups is 1. The van der Waals surface area contributed by atoms with E-state index in [1.165, 1.54) is 18.2 Å². The third kappa shape index (κ3) is 4.41. The lowest BCUT2D eigenvalue weighted by atomic mass is 10.1. The highest BCUT2D eigenvalue weighted by atomic mass is 32.2. The SMILES string of the molecule is CC1(C)CSC(=NCc2ccccc2)N1C(=O)/C=C/c1cccc(F)c1. The Labute approximate surface area is 157 Å². The van der Waals surface area contributed by atoms with E-state index in [0.29, 0.717) is 12.1 Å². The molecule has 1 saturated heterocycles. The minimum atomic E-state index is -0.318. The van der Waals surface area contributed by atoms with E-state index in [4.69, 9.17) is 0 Å². The zero-order chi connectivity index (χ0) is 18.6. The maximum atomic E-state index is 13.3. The highest BCUT2D eigenvalue weighted by molar-refractivity contribution is 8.14. The summed E-state index contributed by atoms with van der Waals surface area (Å²) in [5, 5.41) is 0.729. The number of rotatable bonds is 4. The first-order valence-electron chi connectivity index (χ1n) is 8.45. The Hall–Kier alpha value is -2.40. The summed E-state index contributed by atoms with van der Waals surface area (Å²) in [4.78, 5) is 19.2. The van der Waals surface area contributed by atoms with Crippen molar-refractivity contribution in [3.8, 4) is 0 Å². The Morgan fingerprint density at radius 2 is 2.00 bits per heavy atom. The molecule has 3 rings (SSSR count). The zero-order valence-electron chi connectivity index (χ0n) is 14.9. The topological polar surface area (TPSA) is 32.7 Å². The molecule has 1 fully saturated rings. The molecule has 2 aromatic carbocycles. The van der Waals surface area contributed by atoms with Crippen LogP contribution in [0.25, 0.3) is 6.08 Å². The first-order chi connectivity index (χ1) is 12.5. The summed E-state index contributed by atoms with van der Waals surface area (Å²) in [5.74, 6) is 0.332. The van der Waals surface area contributed by atoms with Crippen LogP contribution < -0.4 is 0 Å². The maximum absolute atomic E-state index is 13.3. The van der Waals surface area contributed by atoms with Gasteiger partial charge in [0, 0.05) is 11.8 Å². The first kappa shape index (κ1) is 18.4. The minimum absolute atomic E-state index is 0.143. The monoisotopic (exact) mass is 368 g/mol. The van der Waals surface area contributed by atoms with Crippen molar-refractivity contribution in [3.05, 3.63) is 77.6 Å².